The van der Waals surface area contributed by atoms with Gasteiger partial charge in [0.1, 0.15) is 6.61 Å². The Morgan fingerprint density at radius 2 is 1.92 bits per heavy atom. The van der Waals surface area contributed by atoms with Crippen LogP contribution in [-0.2, 0) is 0 Å². The third kappa shape index (κ3) is 5.97. The van der Waals surface area contributed by atoms with E-state index in [2.05, 4.69) is 28.7 Å². The summed E-state index contributed by atoms with van der Waals surface area (Å²) in [4.78, 5) is 8.64. The van der Waals surface area contributed by atoms with Crippen LogP contribution in [0.25, 0.3) is 17.5 Å². The average Bonchev–Trinajstić information content (AvgIpc) is 2.60. The van der Waals surface area contributed by atoms with Gasteiger partial charge in [0.25, 0.3) is 0 Å². The molecule has 1 aromatic carbocycles. The number of benzene rings is 1. The fraction of sp³-hybridized carbons (Fsp3) is 0.300. The van der Waals surface area contributed by atoms with Crippen molar-refractivity contribution in [2.45, 2.75) is 32.3 Å². The molecule has 2 aromatic rings. The van der Waals surface area contributed by atoms with E-state index in [0.29, 0.717) is 18.2 Å². The van der Waals surface area contributed by atoms with E-state index in [1.165, 1.54) is 0 Å². The van der Waals surface area contributed by atoms with E-state index in [0.717, 1.165) is 30.4 Å². The molecule has 0 fully saturated rings. The lowest BCUT2D eigenvalue weighted by Crippen LogP contribution is -1.97. The normalized spacial score (nSPS) is 12.2. The summed E-state index contributed by atoms with van der Waals surface area (Å²) in [6.45, 7) is 5.87. The van der Waals surface area contributed by atoms with Crippen LogP contribution in [0.2, 0.25) is 0 Å². The van der Waals surface area contributed by atoms with Crippen LogP contribution in [0.4, 0.5) is 0 Å². The summed E-state index contributed by atoms with van der Waals surface area (Å²) in [5.41, 5.74) is 2.11. The van der Waals surface area contributed by atoms with Gasteiger partial charge in [0.05, 0.1) is 18.5 Å². The maximum atomic E-state index is 9.22. The van der Waals surface area contributed by atoms with Gasteiger partial charge in [-0.05, 0) is 31.7 Å². The third-order valence-electron chi connectivity index (χ3n) is 3.47. The number of unbranched alkanes of at least 4 members (excludes halogenated alkanes) is 1. The van der Waals surface area contributed by atoms with Crippen LogP contribution in [0.1, 0.15) is 31.7 Å². The zero-order valence-electron chi connectivity index (χ0n) is 14.1. The molecule has 0 aliphatic carbocycles. The second-order valence-corrected chi connectivity index (χ2v) is 5.65. The molecule has 1 heterocycles. The highest BCUT2D eigenvalue weighted by atomic mass is 16.5. The zero-order valence-corrected chi connectivity index (χ0v) is 14.1. The van der Waals surface area contributed by atoms with E-state index in [4.69, 9.17) is 4.74 Å². The minimum absolute atomic E-state index is 0.216. The minimum atomic E-state index is -0.216. The molecule has 0 bridgehead atoms. The number of aromatic nitrogens is 2. The molecule has 126 valence electrons. The summed E-state index contributed by atoms with van der Waals surface area (Å²) in [5, 5.41) is 9.22. The molecular formula is C20H24N2O2. The highest BCUT2D eigenvalue weighted by molar-refractivity contribution is 5.59. The Bertz CT molecular complexity index is 646. The summed E-state index contributed by atoms with van der Waals surface area (Å²) in [6, 6.07) is 8.11. The summed E-state index contributed by atoms with van der Waals surface area (Å²) in [6.07, 6.45) is 11.9. The Balaban J connectivity index is 1.91. The number of allylic oxidation sites excluding steroid dienone is 1. The summed E-state index contributed by atoms with van der Waals surface area (Å²) in [7, 11) is 0. The summed E-state index contributed by atoms with van der Waals surface area (Å²) < 4.78 is 5.38. The molecule has 1 N–H and O–H groups in total. The van der Waals surface area contributed by atoms with Crippen molar-refractivity contribution in [3.63, 3.8) is 0 Å². The number of hydrogen-bond donors (Lipinski definition) is 1. The number of hydrogen-bond acceptors (Lipinski definition) is 4. The quantitative estimate of drug-likeness (QED) is 0.553. The Morgan fingerprint density at radius 3 is 2.54 bits per heavy atom. The lowest BCUT2D eigenvalue weighted by atomic mass is 10.1. The van der Waals surface area contributed by atoms with Gasteiger partial charge in [-0.25, -0.2) is 9.97 Å². The van der Waals surface area contributed by atoms with Crippen molar-refractivity contribution in [1.82, 2.24) is 9.97 Å². The second kappa shape index (κ2) is 9.63. The topological polar surface area (TPSA) is 55.2 Å². The molecule has 2 rings (SSSR count). The van der Waals surface area contributed by atoms with Crippen molar-refractivity contribution in [2.75, 3.05) is 6.61 Å². The molecule has 24 heavy (non-hydrogen) atoms. The first-order valence-electron chi connectivity index (χ1n) is 8.20. The molecule has 1 aromatic heterocycles. The van der Waals surface area contributed by atoms with Gasteiger partial charge in [-0.3, -0.25) is 0 Å². The Hall–Kier alpha value is -2.46. The first-order valence-corrected chi connectivity index (χ1v) is 8.20. The van der Waals surface area contributed by atoms with E-state index in [1.807, 2.05) is 31.2 Å². The molecule has 0 spiro atoms. The highest BCUT2D eigenvalue weighted by Crippen LogP contribution is 2.18. The molecule has 0 saturated carbocycles. The number of rotatable bonds is 9. The highest BCUT2D eigenvalue weighted by Gasteiger charge is 2.01. The minimum Gasteiger partial charge on any atom is -0.486 e. The van der Waals surface area contributed by atoms with Crippen LogP contribution in [0.5, 0.6) is 5.75 Å². The smallest absolute Gasteiger partial charge is 0.159 e. The zero-order chi connectivity index (χ0) is 17.2. The Morgan fingerprint density at radius 1 is 1.21 bits per heavy atom. The van der Waals surface area contributed by atoms with Crippen LogP contribution in [0, 0.1) is 0 Å². The van der Waals surface area contributed by atoms with Crippen molar-refractivity contribution in [3.05, 3.63) is 61.0 Å². The molecule has 0 radical (unpaired) electrons. The maximum absolute atomic E-state index is 9.22. The summed E-state index contributed by atoms with van der Waals surface area (Å²) >= 11 is 0. The van der Waals surface area contributed by atoms with Crippen LogP contribution in [-0.4, -0.2) is 27.8 Å². The number of aliphatic hydroxyl groups is 1. The SMILES string of the molecule is C=CCOc1cnc(-c2ccc(C=CCCCC(C)O)cc2)nc1. The summed E-state index contributed by atoms with van der Waals surface area (Å²) in [5.74, 6) is 1.31. The molecule has 0 amide bonds. The van der Waals surface area contributed by atoms with Gasteiger partial charge in [-0.1, -0.05) is 49.1 Å². The molecule has 4 nitrogen and oxygen atoms in total. The van der Waals surface area contributed by atoms with Gasteiger partial charge in [-0.2, -0.15) is 0 Å². The van der Waals surface area contributed by atoms with Gasteiger partial charge >= 0.3 is 0 Å². The molecule has 1 unspecified atom stereocenters. The van der Waals surface area contributed by atoms with E-state index < -0.39 is 0 Å². The van der Waals surface area contributed by atoms with Crippen molar-refractivity contribution < 1.29 is 9.84 Å². The first kappa shape index (κ1) is 17.9. The largest absolute Gasteiger partial charge is 0.486 e. The third-order valence-corrected chi connectivity index (χ3v) is 3.47. The molecule has 0 saturated heterocycles. The average molecular weight is 324 g/mol. The fourth-order valence-corrected chi connectivity index (χ4v) is 2.19. The molecular weight excluding hydrogens is 300 g/mol. The predicted molar refractivity (Wildman–Crippen MR) is 97.7 cm³/mol. The van der Waals surface area contributed by atoms with Gasteiger partial charge in [0, 0.05) is 5.56 Å². The van der Waals surface area contributed by atoms with Crippen molar-refractivity contribution in [3.8, 4) is 17.1 Å². The van der Waals surface area contributed by atoms with E-state index in [1.54, 1.807) is 18.5 Å². The van der Waals surface area contributed by atoms with Gasteiger partial charge in [-0.15, -0.1) is 0 Å². The Kier molecular flexibility index (Phi) is 7.18. The molecule has 0 aliphatic heterocycles. The van der Waals surface area contributed by atoms with Crippen molar-refractivity contribution in [2.24, 2.45) is 0 Å². The number of aliphatic hydroxyl groups excluding tert-OH is 1. The van der Waals surface area contributed by atoms with Crippen LogP contribution >= 0.6 is 0 Å². The van der Waals surface area contributed by atoms with Gasteiger partial charge < -0.3 is 9.84 Å². The van der Waals surface area contributed by atoms with Crippen molar-refractivity contribution >= 4 is 6.08 Å². The van der Waals surface area contributed by atoms with Crippen molar-refractivity contribution in [1.29, 1.82) is 0 Å². The standard InChI is InChI=1S/C20H24N2O2/c1-3-13-24-19-14-21-20(22-15-19)18-11-9-17(10-12-18)8-6-4-5-7-16(2)23/h3,6,8-12,14-16,23H,1,4-5,7,13H2,2H3. The number of nitrogens with zero attached hydrogens (tertiary/aromatic N) is 2. The lowest BCUT2D eigenvalue weighted by Gasteiger charge is -2.04. The number of ether oxygens (including phenoxy) is 1. The van der Waals surface area contributed by atoms with E-state index in [-0.39, 0.29) is 6.10 Å². The monoisotopic (exact) mass is 324 g/mol. The van der Waals surface area contributed by atoms with Gasteiger partial charge in [0.2, 0.25) is 0 Å². The van der Waals surface area contributed by atoms with E-state index >= 15 is 0 Å². The maximum Gasteiger partial charge on any atom is 0.159 e. The van der Waals surface area contributed by atoms with Gasteiger partial charge in [0.15, 0.2) is 11.6 Å². The first-order chi connectivity index (χ1) is 11.7. The predicted octanol–water partition coefficient (Wildman–Crippen LogP) is 4.27. The lowest BCUT2D eigenvalue weighted by molar-refractivity contribution is 0.182. The fourth-order valence-electron chi connectivity index (χ4n) is 2.19. The van der Waals surface area contributed by atoms with Crippen LogP contribution < -0.4 is 4.74 Å². The van der Waals surface area contributed by atoms with Crippen LogP contribution in [0.15, 0.2) is 55.4 Å². The molecule has 0 aliphatic rings. The molecule has 1 atom stereocenters. The second-order valence-electron chi connectivity index (χ2n) is 5.65. The Labute approximate surface area is 143 Å². The van der Waals surface area contributed by atoms with E-state index in [9.17, 15) is 5.11 Å². The van der Waals surface area contributed by atoms with Crippen LogP contribution in [0.3, 0.4) is 0 Å². The molecule has 4 heteroatoms.